The Morgan fingerprint density at radius 1 is 1.69 bits per heavy atom. The number of amides is 1. The second kappa shape index (κ2) is 4.06. The Balaban J connectivity index is 1.91. The lowest BCUT2D eigenvalue weighted by atomic mass is 10.1. The Hall–Kier alpha value is -0.620. The molecule has 1 saturated heterocycles. The van der Waals surface area contributed by atoms with Gasteiger partial charge in [0.25, 0.3) is 0 Å². The largest absolute Gasteiger partial charge is 0.315 e. The molecule has 1 amide bonds. The van der Waals surface area contributed by atoms with Crippen LogP contribution in [0.1, 0.15) is 6.42 Å². The lowest BCUT2D eigenvalue weighted by molar-refractivity contribution is -0.119. The molecule has 0 saturated carbocycles. The summed E-state index contributed by atoms with van der Waals surface area (Å²) in [7, 11) is 0. The van der Waals surface area contributed by atoms with Crippen molar-refractivity contribution in [2.24, 2.45) is 5.92 Å². The molecule has 4 nitrogen and oxygen atoms in total. The van der Waals surface area contributed by atoms with Crippen LogP contribution >= 0.6 is 23.3 Å². The summed E-state index contributed by atoms with van der Waals surface area (Å²) in [5.74, 6) is 2.32. The molecule has 1 atom stereocenters. The van der Waals surface area contributed by atoms with E-state index in [9.17, 15) is 4.79 Å². The van der Waals surface area contributed by atoms with Gasteiger partial charge in [0.1, 0.15) is 5.00 Å². The molecule has 13 heavy (non-hydrogen) atoms. The van der Waals surface area contributed by atoms with Gasteiger partial charge in [0.2, 0.25) is 5.91 Å². The van der Waals surface area contributed by atoms with Gasteiger partial charge in [-0.3, -0.25) is 4.79 Å². The van der Waals surface area contributed by atoms with Gasteiger partial charge in [-0.15, -0.1) is 5.10 Å². The summed E-state index contributed by atoms with van der Waals surface area (Å²) in [5, 5.41) is 7.19. The van der Waals surface area contributed by atoms with Crippen molar-refractivity contribution in [1.29, 1.82) is 0 Å². The summed E-state index contributed by atoms with van der Waals surface area (Å²) < 4.78 is 3.67. The number of anilines is 1. The number of carbonyl (C=O) groups is 1. The zero-order valence-corrected chi connectivity index (χ0v) is 8.53. The van der Waals surface area contributed by atoms with Crippen molar-refractivity contribution >= 4 is 34.2 Å². The highest BCUT2D eigenvalue weighted by atomic mass is 32.2. The molecule has 1 aliphatic rings. The van der Waals surface area contributed by atoms with Crippen LogP contribution in [0.4, 0.5) is 5.00 Å². The van der Waals surface area contributed by atoms with Gasteiger partial charge in [-0.05, 0) is 12.2 Å². The maximum Gasteiger partial charge on any atom is 0.229 e. The molecule has 1 unspecified atom stereocenters. The third-order valence-electron chi connectivity index (χ3n) is 1.91. The first-order valence-electron chi connectivity index (χ1n) is 4.02. The van der Waals surface area contributed by atoms with E-state index in [4.69, 9.17) is 0 Å². The van der Waals surface area contributed by atoms with Crippen LogP contribution in [0.25, 0.3) is 0 Å². The lowest BCUT2D eigenvalue weighted by Gasteiger charge is -2.06. The number of thioether (sulfide) groups is 1. The molecule has 0 aliphatic carbocycles. The van der Waals surface area contributed by atoms with Gasteiger partial charge in [-0.25, -0.2) is 0 Å². The van der Waals surface area contributed by atoms with Crippen molar-refractivity contribution in [2.75, 3.05) is 16.8 Å². The fraction of sp³-hybridized carbons (Fsp3) is 0.571. The van der Waals surface area contributed by atoms with Crippen molar-refractivity contribution in [3.8, 4) is 0 Å². The minimum absolute atomic E-state index is 0.107. The fourth-order valence-electron chi connectivity index (χ4n) is 1.19. The van der Waals surface area contributed by atoms with Crippen LogP contribution in [0.3, 0.4) is 0 Å². The quantitative estimate of drug-likeness (QED) is 0.806. The summed E-state index contributed by atoms with van der Waals surface area (Å²) >= 11 is 3.04. The number of hydrogen-bond donors (Lipinski definition) is 1. The van der Waals surface area contributed by atoms with Gasteiger partial charge >= 0.3 is 0 Å². The molecular formula is C7H9N3OS2. The molecule has 2 heterocycles. The van der Waals surface area contributed by atoms with Gasteiger partial charge in [-0.1, -0.05) is 4.49 Å². The van der Waals surface area contributed by atoms with E-state index in [1.165, 1.54) is 11.5 Å². The highest BCUT2D eigenvalue weighted by Gasteiger charge is 2.23. The second-order valence-corrected chi connectivity index (χ2v) is 4.77. The highest BCUT2D eigenvalue weighted by Crippen LogP contribution is 2.24. The third kappa shape index (κ3) is 2.19. The van der Waals surface area contributed by atoms with E-state index in [1.54, 1.807) is 6.20 Å². The Labute approximate surface area is 84.3 Å². The van der Waals surface area contributed by atoms with E-state index >= 15 is 0 Å². The molecule has 2 rings (SSSR count). The number of nitrogens with one attached hydrogen (secondary N) is 1. The van der Waals surface area contributed by atoms with E-state index in [2.05, 4.69) is 14.9 Å². The topological polar surface area (TPSA) is 54.9 Å². The van der Waals surface area contributed by atoms with Gasteiger partial charge < -0.3 is 5.32 Å². The van der Waals surface area contributed by atoms with E-state index < -0.39 is 0 Å². The van der Waals surface area contributed by atoms with E-state index in [-0.39, 0.29) is 11.8 Å². The molecule has 0 spiro atoms. The van der Waals surface area contributed by atoms with E-state index in [0.717, 1.165) is 22.9 Å². The van der Waals surface area contributed by atoms with Crippen LogP contribution < -0.4 is 5.32 Å². The highest BCUT2D eigenvalue weighted by molar-refractivity contribution is 7.99. The molecule has 1 aromatic rings. The SMILES string of the molecule is O=C(Nc1cnns1)C1CCSC1. The molecule has 0 radical (unpaired) electrons. The second-order valence-electron chi connectivity index (χ2n) is 2.83. The summed E-state index contributed by atoms with van der Waals surface area (Å²) in [6, 6.07) is 0. The van der Waals surface area contributed by atoms with E-state index in [1.807, 2.05) is 11.8 Å². The summed E-state index contributed by atoms with van der Waals surface area (Å²) in [4.78, 5) is 11.5. The molecule has 1 fully saturated rings. The molecule has 1 aliphatic heterocycles. The minimum atomic E-state index is 0.107. The average molecular weight is 215 g/mol. The summed E-state index contributed by atoms with van der Waals surface area (Å²) in [6.45, 7) is 0. The Morgan fingerprint density at radius 2 is 2.62 bits per heavy atom. The standard InChI is InChI=1S/C7H9N3OS2/c11-7(5-1-2-12-4-5)9-6-3-8-10-13-6/h3,5H,1-2,4H2,(H,9,11). The number of rotatable bonds is 2. The number of carbonyl (C=O) groups excluding carboxylic acids is 1. The number of nitrogens with zero attached hydrogens (tertiary/aromatic N) is 2. The molecule has 0 aromatic carbocycles. The van der Waals surface area contributed by atoms with Gasteiger partial charge in [-0.2, -0.15) is 11.8 Å². The predicted molar refractivity (Wildman–Crippen MR) is 54.0 cm³/mol. The van der Waals surface area contributed by atoms with Crippen molar-refractivity contribution < 1.29 is 4.79 Å². The lowest BCUT2D eigenvalue weighted by Crippen LogP contribution is -2.21. The summed E-state index contributed by atoms with van der Waals surface area (Å²) in [6.07, 6.45) is 2.56. The van der Waals surface area contributed by atoms with Crippen molar-refractivity contribution in [1.82, 2.24) is 9.59 Å². The first-order chi connectivity index (χ1) is 6.36. The Bertz CT molecular complexity index is 282. The van der Waals surface area contributed by atoms with Gasteiger partial charge in [0, 0.05) is 23.2 Å². The molecule has 0 bridgehead atoms. The van der Waals surface area contributed by atoms with Crippen molar-refractivity contribution in [3.05, 3.63) is 6.20 Å². The zero-order chi connectivity index (χ0) is 9.10. The first-order valence-corrected chi connectivity index (χ1v) is 5.95. The van der Waals surface area contributed by atoms with Crippen LogP contribution in [0, 0.1) is 5.92 Å². The maximum atomic E-state index is 11.5. The molecule has 1 aromatic heterocycles. The molecule has 70 valence electrons. The normalized spacial score (nSPS) is 21.7. The van der Waals surface area contributed by atoms with Crippen LogP contribution in [0.5, 0.6) is 0 Å². The molecule has 1 N–H and O–H groups in total. The van der Waals surface area contributed by atoms with Crippen molar-refractivity contribution in [2.45, 2.75) is 6.42 Å². The number of hydrogen-bond acceptors (Lipinski definition) is 5. The Morgan fingerprint density at radius 3 is 3.23 bits per heavy atom. The minimum Gasteiger partial charge on any atom is -0.315 e. The van der Waals surface area contributed by atoms with Crippen LogP contribution in [-0.2, 0) is 4.79 Å². The Kier molecular flexibility index (Phi) is 2.80. The maximum absolute atomic E-state index is 11.5. The predicted octanol–water partition coefficient (Wildman–Crippen LogP) is 1.23. The summed E-state index contributed by atoms with van der Waals surface area (Å²) in [5.41, 5.74) is 0. The van der Waals surface area contributed by atoms with E-state index in [0.29, 0.717) is 0 Å². The van der Waals surface area contributed by atoms with Gasteiger partial charge in [0.15, 0.2) is 0 Å². The fourth-order valence-corrected chi connectivity index (χ4v) is 2.83. The monoisotopic (exact) mass is 215 g/mol. The van der Waals surface area contributed by atoms with Crippen molar-refractivity contribution in [3.63, 3.8) is 0 Å². The van der Waals surface area contributed by atoms with Gasteiger partial charge in [0.05, 0.1) is 6.20 Å². The van der Waals surface area contributed by atoms with Crippen LogP contribution in [-0.4, -0.2) is 27.0 Å². The molecule has 6 heteroatoms. The van der Waals surface area contributed by atoms with Crippen LogP contribution in [0.15, 0.2) is 6.20 Å². The smallest absolute Gasteiger partial charge is 0.229 e. The average Bonchev–Trinajstić information content (AvgIpc) is 2.74. The third-order valence-corrected chi connectivity index (χ3v) is 3.65. The number of aromatic nitrogens is 2. The molecular weight excluding hydrogens is 206 g/mol. The first kappa shape index (κ1) is 8.96. The van der Waals surface area contributed by atoms with Crippen LogP contribution in [0.2, 0.25) is 0 Å². The zero-order valence-electron chi connectivity index (χ0n) is 6.90.